The lowest BCUT2D eigenvalue weighted by atomic mass is 9.98. The van der Waals surface area contributed by atoms with Crippen molar-refractivity contribution < 1.29 is 23.4 Å². The number of rotatable bonds is 3. The van der Waals surface area contributed by atoms with Crippen molar-refractivity contribution in [3.8, 4) is 0 Å². The highest BCUT2D eigenvalue weighted by Gasteiger charge is 2.32. The van der Waals surface area contributed by atoms with E-state index in [0.29, 0.717) is 13.0 Å². The van der Waals surface area contributed by atoms with E-state index in [1.165, 1.54) is 28.6 Å². The van der Waals surface area contributed by atoms with Gasteiger partial charge in [-0.3, -0.25) is 0 Å². The van der Waals surface area contributed by atoms with Crippen LogP contribution in [0.1, 0.15) is 23.7 Å². The zero-order valence-corrected chi connectivity index (χ0v) is 11.9. The van der Waals surface area contributed by atoms with Crippen LogP contribution in [0, 0.1) is 5.92 Å². The van der Waals surface area contributed by atoms with E-state index < -0.39 is 22.1 Å². The van der Waals surface area contributed by atoms with E-state index in [-0.39, 0.29) is 22.9 Å². The lowest BCUT2D eigenvalue weighted by Crippen LogP contribution is -2.45. The fraction of sp³-hybridized carbons (Fsp3) is 0.462. The Hall–Kier alpha value is -1.44. The summed E-state index contributed by atoms with van der Waals surface area (Å²) in [7, 11) is -3.68. The van der Waals surface area contributed by atoms with E-state index in [4.69, 9.17) is 5.11 Å². The Balaban J connectivity index is 2.24. The number of hydrogen-bond donors (Lipinski definition) is 2. The number of benzene rings is 1. The molecule has 110 valence electrons. The summed E-state index contributed by atoms with van der Waals surface area (Å²) in [5.41, 5.74) is 0.0382. The van der Waals surface area contributed by atoms with Gasteiger partial charge in [-0.25, -0.2) is 13.2 Å². The summed E-state index contributed by atoms with van der Waals surface area (Å²) in [4.78, 5) is 10.8. The maximum Gasteiger partial charge on any atom is 0.335 e. The quantitative estimate of drug-likeness (QED) is 0.860. The summed E-state index contributed by atoms with van der Waals surface area (Å²) in [6, 6.07) is 5.09. The molecule has 0 spiro atoms. The number of carboxylic acid groups (broad SMARTS) is 1. The van der Waals surface area contributed by atoms with E-state index >= 15 is 0 Å². The van der Waals surface area contributed by atoms with Crippen LogP contribution in [0.25, 0.3) is 0 Å². The molecule has 20 heavy (non-hydrogen) atoms. The van der Waals surface area contributed by atoms with E-state index in [0.717, 1.165) is 0 Å². The Kier molecular flexibility index (Phi) is 4.12. The van der Waals surface area contributed by atoms with Crippen LogP contribution in [0.4, 0.5) is 0 Å². The zero-order chi connectivity index (χ0) is 14.9. The molecule has 1 saturated heterocycles. The van der Waals surface area contributed by atoms with Gasteiger partial charge in [-0.2, -0.15) is 4.31 Å². The predicted octanol–water partition coefficient (Wildman–Crippen LogP) is 0.776. The van der Waals surface area contributed by atoms with Crippen molar-refractivity contribution in [1.82, 2.24) is 4.31 Å². The Morgan fingerprint density at radius 3 is 2.40 bits per heavy atom. The third-order valence-corrected chi connectivity index (χ3v) is 5.50. The van der Waals surface area contributed by atoms with Crippen molar-refractivity contribution in [2.45, 2.75) is 24.3 Å². The summed E-state index contributed by atoms with van der Waals surface area (Å²) in [6.45, 7) is 2.32. The number of nitrogens with zero attached hydrogens (tertiary/aromatic N) is 1. The van der Waals surface area contributed by atoms with Crippen LogP contribution in [-0.2, 0) is 10.0 Å². The zero-order valence-electron chi connectivity index (χ0n) is 11.1. The Labute approximate surface area is 117 Å². The molecular weight excluding hydrogens is 282 g/mol. The molecule has 7 heteroatoms. The lowest BCUT2D eigenvalue weighted by Gasteiger charge is -2.33. The van der Waals surface area contributed by atoms with Gasteiger partial charge in [-0.15, -0.1) is 0 Å². The molecule has 2 unspecified atom stereocenters. The number of sulfonamides is 1. The molecule has 0 aromatic heterocycles. The average molecular weight is 299 g/mol. The third-order valence-electron chi connectivity index (χ3n) is 3.62. The average Bonchev–Trinajstić information content (AvgIpc) is 2.41. The standard InChI is InChI=1S/C13H17NO5S/c1-9-6-7-14(8-12(9)15)20(18,19)11-4-2-10(3-5-11)13(16)17/h2-5,9,12,15H,6-8H2,1H3,(H,16,17). The second kappa shape index (κ2) is 5.51. The van der Waals surface area contributed by atoms with Gasteiger partial charge in [-0.1, -0.05) is 6.92 Å². The molecule has 1 aromatic carbocycles. The largest absolute Gasteiger partial charge is 0.478 e. The van der Waals surface area contributed by atoms with E-state index in [9.17, 15) is 18.3 Å². The topological polar surface area (TPSA) is 94.9 Å². The molecule has 2 N–H and O–H groups in total. The summed E-state index contributed by atoms with van der Waals surface area (Å²) in [5.74, 6) is -1.02. The summed E-state index contributed by atoms with van der Waals surface area (Å²) < 4.78 is 26.0. The van der Waals surface area contributed by atoms with Crippen LogP contribution in [0.15, 0.2) is 29.2 Å². The van der Waals surface area contributed by atoms with Crippen LogP contribution < -0.4 is 0 Å². The molecule has 2 atom stereocenters. The molecule has 0 saturated carbocycles. The number of β-amino-alcohol motifs (C(OH)–C–C–N with tert-alkyl or cyclic N) is 1. The highest BCUT2D eigenvalue weighted by atomic mass is 32.2. The van der Waals surface area contributed by atoms with E-state index in [1.54, 1.807) is 0 Å². The van der Waals surface area contributed by atoms with Crippen molar-refractivity contribution in [1.29, 1.82) is 0 Å². The first-order valence-corrected chi connectivity index (χ1v) is 7.78. The van der Waals surface area contributed by atoms with Crippen LogP contribution in [-0.4, -0.2) is 48.1 Å². The second-order valence-electron chi connectivity index (χ2n) is 5.03. The van der Waals surface area contributed by atoms with Crippen LogP contribution in [0.5, 0.6) is 0 Å². The highest BCUT2D eigenvalue weighted by molar-refractivity contribution is 7.89. The Bertz CT molecular complexity index is 596. The maximum atomic E-state index is 12.4. The van der Waals surface area contributed by atoms with Crippen molar-refractivity contribution in [2.75, 3.05) is 13.1 Å². The van der Waals surface area contributed by atoms with Crippen molar-refractivity contribution in [3.63, 3.8) is 0 Å². The SMILES string of the molecule is CC1CCN(S(=O)(=O)c2ccc(C(=O)O)cc2)CC1O. The Morgan fingerprint density at radius 1 is 1.30 bits per heavy atom. The number of carbonyl (C=O) groups is 1. The number of hydrogen-bond acceptors (Lipinski definition) is 4. The van der Waals surface area contributed by atoms with Crippen LogP contribution in [0.2, 0.25) is 0 Å². The molecule has 1 aromatic rings. The van der Waals surface area contributed by atoms with Gasteiger partial charge in [0.05, 0.1) is 16.6 Å². The number of aliphatic hydroxyl groups is 1. The second-order valence-corrected chi connectivity index (χ2v) is 6.96. The minimum Gasteiger partial charge on any atom is -0.478 e. The van der Waals surface area contributed by atoms with Crippen LogP contribution >= 0.6 is 0 Å². The molecule has 0 amide bonds. The fourth-order valence-electron chi connectivity index (χ4n) is 2.16. The number of carboxylic acids is 1. The molecule has 1 fully saturated rings. The molecule has 0 bridgehead atoms. The van der Waals surface area contributed by atoms with Crippen molar-refractivity contribution in [3.05, 3.63) is 29.8 Å². The number of piperidine rings is 1. The predicted molar refractivity (Wildman–Crippen MR) is 71.9 cm³/mol. The van der Waals surface area contributed by atoms with Gasteiger partial charge in [0.1, 0.15) is 0 Å². The molecule has 0 aliphatic carbocycles. The van der Waals surface area contributed by atoms with Gasteiger partial charge >= 0.3 is 5.97 Å². The summed E-state index contributed by atoms with van der Waals surface area (Å²) in [5, 5.41) is 18.6. The van der Waals surface area contributed by atoms with E-state index in [1.807, 2.05) is 6.92 Å². The van der Waals surface area contributed by atoms with Gasteiger partial charge < -0.3 is 10.2 Å². The normalized spacial score (nSPS) is 24.5. The molecule has 6 nitrogen and oxygen atoms in total. The van der Waals surface area contributed by atoms with Gasteiger partial charge in [0.2, 0.25) is 10.0 Å². The molecule has 1 aliphatic heterocycles. The van der Waals surface area contributed by atoms with E-state index in [2.05, 4.69) is 0 Å². The summed E-state index contributed by atoms with van der Waals surface area (Å²) >= 11 is 0. The lowest BCUT2D eigenvalue weighted by molar-refractivity contribution is 0.0605. The monoisotopic (exact) mass is 299 g/mol. The first-order chi connectivity index (χ1) is 9.32. The highest BCUT2D eigenvalue weighted by Crippen LogP contribution is 2.24. The number of aromatic carboxylic acids is 1. The molecular formula is C13H17NO5S. The summed E-state index contributed by atoms with van der Waals surface area (Å²) in [6.07, 6.45) is -0.0648. The maximum absolute atomic E-state index is 12.4. The molecule has 0 radical (unpaired) electrons. The third kappa shape index (κ3) is 2.84. The molecule has 2 rings (SSSR count). The van der Waals surface area contributed by atoms with Crippen LogP contribution in [0.3, 0.4) is 0 Å². The Morgan fingerprint density at radius 2 is 1.90 bits per heavy atom. The van der Waals surface area contributed by atoms with Crippen molar-refractivity contribution >= 4 is 16.0 Å². The molecule has 1 aliphatic rings. The minimum absolute atomic E-state index is 0.0382. The smallest absolute Gasteiger partial charge is 0.335 e. The minimum atomic E-state index is -3.68. The fourth-order valence-corrected chi connectivity index (χ4v) is 3.63. The van der Waals surface area contributed by atoms with Gasteiger partial charge in [0, 0.05) is 13.1 Å². The van der Waals surface area contributed by atoms with Gasteiger partial charge in [0.25, 0.3) is 0 Å². The van der Waals surface area contributed by atoms with Gasteiger partial charge in [-0.05, 0) is 36.6 Å². The molecule has 1 heterocycles. The van der Waals surface area contributed by atoms with Crippen molar-refractivity contribution in [2.24, 2.45) is 5.92 Å². The first kappa shape index (κ1) is 15.0. The number of aliphatic hydroxyl groups excluding tert-OH is 1. The van der Waals surface area contributed by atoms with Gasteiger partial charge in [0.15, 0.2) is 0 Å². The first-order valence-electron chi connectivity index (χ1n) is 6.34.